The molecular formula is C23H26N4O5S. The molecule has 1 saturated heterocycles. The van der Waals surface area contributed by atoms with Crippen molar-refractivity contribution in [3.8, 4) is 0 Å². The van der Waals surface area contributed by atoms with Crippen LogP contribution in [0.5, 0.6) is 0 Å². The molecule has 1 N–H and O–H groups in total. The Morgan fingerprint density at radius 3 is 2.70 bits per heavy atom. The van der Waals surface area contributed by atoms with E-state index >= 15 is 0 Å². The van der Waals surface area contributed by atoms with Crippen LogP contribution in [0.2, 0.25) is 0 Å². The quantitative estimate of drug-likeness (QED) is 0.524. The normalized spacial score (nSPS) is 14.4. The number of hydrogen-bond donors (Lipinski definition) is 1. The third kappa shape index (κ3) is 5.29. The number of nitrogens with zero attached hydrogens (tertiary/aromatic N) is 3. The lowest BCUT2D eigenvalue weighted by molar-refractivity contribution is -0.124. The Morgan fingerprint density at radius 2 is 1.94 bits per heavy atom. The van der Waals surface area contributed by atoms with Crippen LogP contribution in [0.25, 0.3) is 10.2 Å². The molecule has 0 atom stereocenters. The molecular weight excluding hydrogens is 444 g/mol. The Kier molecular flexibility index (Phi) is 7.17. The van der Waals surface area contributed by atoms with E-state index in [1.165, 1.54) is 10.9 Å². The van der Waals surface area contributed by atoms with Gasteiger partial charge in [-0.2, -0.15) is 0 Å². The summed E-state index contributed by atoms with van der Waals surface area (Å²) in [4.78, 5) is 44.5. The molecule has 0 saturated carbocycles. The van der Waals surface area contributed by atoms with Crippen LogP contribution in [0.15, 0.2) is 35.4 Å². The first-order chi connectivity index (χ1) is 15.9. The number of aromatic nitrogens is 2. The lowest BCUT2D eigenvalue weighted by atomic mass is 10.1. The second kappa shape index (κ2) is 10.2. The molecule has 4 rings (SSSR count). The maximum Gasteiger partial charge on any atom is 0.349 e. The van der Waals surface area contributed by atoms with Gasteiger partial charge in [-0.3, -0.25) is 14.5 Å². The minimum Gasteiger partial charge on any atom is -0.451 e. The minimum atomic E-state index is -0.638. The number of thiophene rings is 1. The molecule has 10 heteroatoms. The molecule has 3 heterocycles. The van der Waals surface area contributed by atoms with E-state index in [9.17, 15) is 14.4 Å². The second-order valence-electron chi connectivity index (χ2n) is 7.91. The Hall–Kier alpha value is -3.08. The zero-order valence-electron chi connectivity index (χ0n) is 18.6. The van der Waals surface area contributed by atoms with Crippen molar-refractivity contribution in [2.24, 2.45) is 7.05 Å². The number of morpholine rings is 1. The lowest BCUT2D eigenvalue weighted by Gasteiger charge is -2.27. The largest absolute Gasteiger partial charge is 0.451 e. The van der Waals surface area contributed by atoms with E-state index in [0.29, 0.717) is 22.3 Å². The molecule has 0 aliphatic carbocycles. The first-order valence-corrected chi connectivity index (χ1v) is 11.5. The van der Waals surface area contributed by atoms with Gasteiger partial charge in [0.1, 0.15) is 9.71 Å². The van der Waals surface area contributed by atoms with Gasteiger partial charge in [0, 0.05) is 33.2 Å². The predicted molar refractivity (Wildman–Crippen MR) is 124 cm³/mol. The predicted octanol–water partition coefficient (Wildman–Crippen LogP) is 1.61. The topological polar surface area (TPSA) is 103 Å². The molecule has 33 heavy (non-hydrogen) atoms. The number of carbonyl (C=O) groups excluding carboxylic acids is 2. The Morgan fingerprint density at radius 1 is 1.21 bits per heavy atom. The number of hydrogen-bond acceptors (Lipinski definition) is 8. The van der Waals surface area contributed by atoms with Gasteiger partial charge in [0.2, 0.25) is 0 Å². The number of benzene rings is 1. The number of rotatable bonds is 7. The van der Waals surface area contributed by atoms with E-state index in [4.69, 9.17) is 9.47 Å². The summed E-state index contributed by atoms with van der Waals surface area (Å²) < 4.78 is 12.0. The molecule has 9 nitrogen and oxygen atoms in total. The third-order valence-corrected chi connectivity index (χ3v) is 6.80. The second-order valence-corrected chi connectivity index (χ2v) is 8.91. The smallest absolute Gasteiger partial charge is 0.349 e. The van der Waals surface area contributed by atoms with Crippen LogP contribution in [0, 0.1) is 6.92 Å². The number of aryl methyl sites for hydroxylation is 2. The summed E-state index contributed by atoms with van der Waals surface area (Å²) >= 11 is 1.09. The molecule has 3 aromatic rings. The van der Waals surface area contributed by atoms with Crippen LogP contribution in [0.4, 0.5) is 0 Å². The number of ether oxygens (including phenoxy) is 2. The monoisotopic (exact) mass is 470 g/mol. The van der Waals surface area contributed by atoms with Gasteiger partial charge in [0.05, 0.1) is 24.9 Å². The van der Waals surface area contributed by atoms with Crippen LogP contribution >= 0.6 is 11.3 Å². The van der Waals surface area contributed by atoms with E-state index in [2.05, 4.69) is 21.3 Å². The molecule has 0 unspecified atom stereocenters. The molecule has 1 aliphatic rings. The molecule has 2 aromatic heterocycles. The van der Waals surface area contributed by atoms with E-state index < -0.39 is 18.5 Å². The lowest BCUT2D eigenvalue weighted by Crippen LogP contribution is -2.36. The average molecular weight is 471 g/mol. The van der Waals surface area contributed by atoms with Gasteiger partial charge in [0.15, 0.2) is 6.61 Å². The summed E-state index contributed by atoms with van der Waals surface area (Å²) in [6, 6.07) is 7.96. The van der Waals surface area contributed by atoms with E-state index in [0.717, 1.165) is 55.3 Å². The Labute approximate surface area is 194 Å². The molecule has 1 amide bonds. The number of fused-ring (bicyclic) bond motifs is 1. The number of carbonyl (C=O) groups is 2. The molecule has 174 valence electrons. The van der Waals surface area contributed by atoms with Crippen molar-refractivity contribution in [2.45, 2.75) is 20.0 Å². The maximum absolute atomic E-state index is 12.5. The van der Waals surface area contributed by atoms with Gasteiger partial charge in [-0.1, -0.05) is 24.3 Å². The zero-order valence-corrected chi connectivity index (χ0v) is 19.4. The fourth-order valence-corrected chi connectivity index (χ4v) is 4.76. The summed E-state index contributed by atoms with van der Waals surface area (Å²) in [6.45, 7) is 5.66. The summed E-state index contributed by atoms with van der Waals surface area (Å²) in [7, 11) is 1.60. The van der Waals surface area contributed by atoms with Gasteiger partial charge in [-0.25, -0.2) is 9.78 Å². The highest BCUT2D eigenvalue weighted by Crippen LogP contribution is 2.27. The first-order valence-electron chi connectivity index (χ1n) is 10.7. The van der Waals surface area contributed by atoms with Crippen LogP contribution in [-0.4, -0.2) is 59.2 Å². The number of amides is 1. The van der Waals surface area contributed by atoms with Crippen molar-refractivity contribution >= 4 is 33.4 Å². The highest BCUT2D eigenvalue weighted by atomic mass is 32.1. The fourth-order valence-electron chi connectivity index (χ4n) is 3.73. The minimum absolute atomic E-state index is 0.221. The van der Waals surface area contributed by atoms with E-state index in [1.54, 1.807) is 14.0 Å². The van der Waals surface area contributed by atoms with Crippen LogP contribution in [0.3, 0.4) is 0 Å². The summed E-state index contributed by atoms with van der Waals surface area (Å²) in [6.07, 6.45) is 1.42. The molecule has 1 fully saturated rings. The van der Waals surface area contributed by atoms with Gasteiger partial charge in [-0.05, 0) is 23.6 Å². The first kappa shape index (κ1) is 23.1. The van der Waals surface area contributed by atoms with Gasteiger partial charge < -0.3 is 19.4 Å². The van der Waals surface area contributed by atoms with Gasteiger partial charge in [0.25, 0.3) is 11.5 Å². The van der Waals surface area contributed by atoms with Gasteiger partial charge in [-0.15, -0.1) is 11.3 Å². The van der Waals surface area contributed by atoms with Crippen LogP contribution in [0.1, 0.15) is 26.4 Å². The Balaban J connectivity index is 1.34. The average Bonchev–Trinajstić information content (AvgIpc) is 3.17. The van der Waals surface area contributed by atoms with E-state index in [1.807, 2.05) is 18.2 Å². The van der Waals surface area contributed by atoms with Crippen molar-refractivity contribution in [3.63, 3.8) is 0 Å². The van der Waals surface area contributed by atoms with Crippen molar-refractivity contribution in [3.05, 3.63) is 62.5 Å². The highest BCUT2D eigenvalue weighted by molar-refractivity contribution is 7.20. The van der Waals surface area contributed by atoms with Crippen molar-refractivity contribution < 1.29 is 19.1 Å². The Bertz CT molecular complexity index is 1230. The molecule has 0 bridgehead atoms. The number of nitrogens with one attached hydrogen (secondary N) is 1. The van der Waals surface area contributed by atoms with Crippen molar-refractivity contribution in [1.29, 1.82) is 0 Å². The third-order valence-electron chi connectivity index (χ3n) is 5.62. The standard InChI is InChI=1S/C23H26N4O5S/c1-15-19-21(25-14-26(2)22(19)29)33-20(15)23(30)32-13-18(28)24-11-16-5-3-4-6-17(16)12-27-7-9-31-10-8-27/h3-6,14H,7-13H2,1-2H3,(H,24,28). The van der Waals surface area contributed by atoms with Gasteiger partial charge >= 0.3 is 5.97 Å². The molecule has 0 spiro atoms. The molecule has 1 aromatic carbocycles. The van der Waals surface area contributed by atoms with Crippen molar-refractivity contribution in [1.82, 2.24) is 19.8 Å². The molecule has 0 radical (unpaired) electrons. The molecule has 1 aliphatic heterocycles. The fraction of sp³-hybridized carbons (Fsp3) is 0.391. The summed E-state index contributed by atoms with van der Waals surface area (Å²) in [5.41, 5.74) is 2.46. The summed E-state index contributed by atoms with van der Waals surface area (Å²) in [5.74, 6) is -1.03. The zero-order chi connectivity index (χ0) is 23.4. The summed E-state index contributed by atoms with van der Waals surface area (Å²) in [5, 5.41) is 3.22. The SMILES string of the molecule is Cc1c(C(=O)OCC(=O)NCc2ccccc2CN2CCOCC2)sc2ncn(C)c(=O)c12. The van der Waals surface area contributed by atoms with Crippen LogP contribution in [-0.2, 0) is 34.4 Å². The highest BCUT2D eigenvalue weighted by Gasteiger charge is 2.21. The van der Waals surface area contributed by atoms with Crippen molar-refractivity contribution in [2.75, 3.05) is 32.9 Å². The maximum atomic E-state index is 12.5. The van der Waals surface area contributed by atoms with E-state index in [-0.39, 0.29) is 10.4 Å². The van der Waals surface area contributed by atoms with Crippen LogP contribution < -0.4 is 10.9 Å². The number of esters is 1.